The van der Waals surface area contributed by atoms with E-state index in [1.807, 2.05) is 6.26 Å². The van der Waals surface area contributed by atoms with E-state index < -0.39 is 11.7 Å². The molecule has 0 radical (unpaired) electrons. The molecule has 0 aliphatic carbocycles. The molecule has 11 heteroatoms. The van der Waals surface area contributed by atoms with E-state index in [2.05, 4.69) is 31.8 Å². The van der Waals surface area contributed by atoms with Gasteiger partial charge in [-0.3, -0.25) is 9.10 Å². The van der Waals surface area contributed by atoms with Crippen molar-refractivity contribution in [3.05, 3.63) is 28.3 Å². The minimum Gasteiger partial charge on any atom is -0.351 e. The van der Waals surface area contributed by atoms with E-state index in [0.717, 1.165) is 41.9 Å². The summed E-state index contributed by atoms with van der Waals surface area (Å²) in [4.78, 5) is 21.1. The molecule has 0 bridgehead atoms. The average molecular weight is 444 g/mol. The highest BCUT2D eigenvalue weighted by Gasteiger charge is 2.37. The zero-order valence-corrected chi connectivity index (χ0v) is 17.5. The third kappa shape index (κ3) is 4.08. The largest absolute Gasteiger partial charge is 0.420 e. The Balaban J connectivity index is 1.65. The number of thiophene rings is 1. The lowest BCUT2D eigenvalue weighted by Gasteiger charge is -2.35. The average Bonchev–Trinajstić information content (AvgIpc) is 3.24. The smallest absolute Gasteiger partial charge is 0.351 e. The van der Waals surface area contributed by atoms with E-state index in [9.17, 15) is 18.0 Å². The maximum atomic E-state index is 13.6. The summed E-state index contributed by atoms with van der Waals surface area (Å²) in [5.74, 6) is 0.220. The Bertz CT molecular complexity index is 933. The molecule has 2 atom stereocenters. The third-order valence-corrected chi connectivity index (χ3v) is 7.22. The number of alkyl halides is 3. The molecule has 0 aromatic carbocycles. The van der Waals surface area contributed by atoms with Crippen LogP contribution in [-0.4, -0.2) is 45.6 Å². The number of carbonyl (C=O) groups is 1. The van der Waals surface area contributed by atoms with Crippen LogP contribution in [0, 0.1) is 5.92 Å². The van der Waals surface area contributed by atoms with Gasteiger partial charge in [0.2, 0.25) is 5.95 Å². The van der Waals surface area contributed by atoms with Crippen LogP contribution in [0.4, 0.5) is 19.1 Å². The van der Waals surface area contributed by atoms with Crippen molar-refractivity contribution in [1.29, 1.82) is 0 Å². The molecule has 2 aliphatic heterocycles. The van der Waals surface area contributed by atoms with Crippen molar-refractivity contribution >= 4 is 35.1 Å². The molecule has 29 heavy (non-hydrogen) atoms. The number of carbonyl (C=O) groups excluding carboxylic acids is 1. The zero-order chi connectivity index (χ0) is 20.8. The van der Waals surface area contributed by atoms with Gasteiger partial charge >= 0.3 is 6.18 Å². The summed E-state index contributed by atoms with van der Waals surface area (Å²) < 4.78 is 43.0. The second-order valence-corrected chi connectivity index (χ2v) is 9.19. The number of hydrogen-bond acceptors (Lipinski definition) is 7. The fourth-order valence-electron chi connectivity index (χ4n) is 3.62. The molecule has 6 nitrogen and oxygen atoms in total. The third-order valence-electron chi connectivity index (χ3n) is 5.23. The van der Waals surface area contributed by atoms with Crippen molar-refractivity contribution in [2.75, 3.05) is 24.7 Å². The number of rotatable bonds is 4. The van der Waals surface area contributed by atoms with Gasteiger partial charge in [-0.15, -0.1) is 11.3 Å². The quantitative estimate of drug-likeness (QED) is 0.700. The molecular formula is C18H20F3N5OS2. The van der Waals surface area contributed by atoms with Crippen LogP contribution in [-0.2, 0) is 12.7 Å². The lowest BCUT2D eigenvalue weighted by Crippen LogP contribution is -2.42. The number of halogens is 3. The molecule has 2 aromatic heterocycles. The van der Waals surface area contributed by atoms with Gasteiger partial charge in [0.25, 0.3) is 5.91 Å². The molecule has 2 aromatic rings. The maximum absolute atomic E-state index is 13.6. The van der Waals surface area contributed by atoms with Crippen LogP contribution in [0.5, 0.6) is 0 Å². The molecular weight excluding hydrogens is 423 g/mol. The van der Waals surface area contributed by atoms with Crippen LogP contribution >= 0.6 is 23.3 Å². The van der Waals surface area contributed by atoms with Crippen LogP contribution in [0.1, 0.15) is 34.1 Å². The molecule has 2 N–H and O–H groups in total. The van der Waals surface area contributed by atoms with E-state index >= 15 is 0 Å². The molecule has 2 unspecified atom stereocenters. The van der Waals surface area contributed by atoms with Crippen LogP contribution in [0.25, 0.3) is 10.6 Å². The molecule has 1 saturated heterocycles. The second-order valence-electron chi connectivity index (χ2n) is 7.17. The number of nitrogens with one attached hydrogen (secondary N) is 2. The molecule has 4 heterocycles. The maximum Gasteiger partial charge on any atom is 0.420 e. The normalized spacial score (nSPS) is 22.4. The number of amides is 1. The van der Waals surface area contributed by atoms with E-state index in [1.165, 1.54) is 6.07 Å². The van der Waals surface area contributed by atoms with Crippen LogP contribution in [0.3, 0.4) is 0 Å². The summed E-state index contributed by atoms with van der Waals surface area (Å²) >= 11 is 2.85. The summed E-state index contributed by atoms with van der Waals surface area (Å²) in [6.07, 6.45) is -0.863. The highest BCUT2D eigenvalue weighted by Crippen LogP contribution is 2.40. The molecule has 1 amide bonds. The lowest BCUT2D eigenvalue weighted by molar-refractivity contribution is -0.137. The van der Waals surface area contributed by atoms with Gasteiger partial charge in [0.05, 0.1) is 22.7 Å². The first-order valence-electron chi connectivity index (χ1n) is 9.17. The van der Waals surface area contributed by atoms with E-state index in [-0.39, 0.29) is 23.6 Å². The Morgan fingerprint density at radius 2 is 2.21 bits per heavy atom. The van der Waals surface area contributed by atoms with Gasteiger partial charge in [0.15, 0.2) is 0 Å². The van der Waals surface area contributed by atoms with Crippen LogP contribution in [0.2, 0.25) is 0 Å². The summed E-state index contributed by atoms with van der Waals surface area (Å²) in [5, 5.41) is 5.89. The first-order chi connectivity index (χ1) is 13.8. The number of anilines is 1. The first kappa shape index (κ1) is 20.4. The number of aromatic nitrogens is 2. The number of fused-ring (bicyclic) bond motifs is 1. The van der Waals surface area contributed by atoms with Crippen molar-refractivity contribution < 1.29 is 18.0 Å². The minimum atomic E-state index is -4.58. The first-order valence-corrected chi connectivity index (χ1v) is 11.2. The van der Waals surface area contributed by atoms with E-state index in [4.69, 9.17) is 0 Å². The lowest BCUT2D eigenvalue weighted by atomic mass is 9.95. The Kier molecular flexibility index (Phi) is 5.47. The molecule has 1 fully saturated rings. The number of hydrogen-bond donors (Lipinski definition) is 2. The number of nitrogens with zero attached hydrogens (tertiary/aromatic N) is 3. The Hall–Kier alpha value is -1.85. The molecule has 4 rings (SSSR count). The van der Waals surface area contributed by atoms with Gasteiger partial charge in [-0.2, -0.15) is 13.2 Å². The SMILES string of the molecule is CSN1CCC(Nc2ncc(C(F)(F)F)c(-c3cc4c(s3)CNC4=O)n2)C(C)C1. The van der Waals surface area contributed by atoms with E-state index in [1.54, 1.807) is 11.9 Å². The highest BCUT2D eigenvalue weighted by atomic mass is 32.2. The van der Waals surface area contributed by atoms with Crippen LogP contribution in [0.15, 0.2) is 12.3 Å². The predicted octanol–water partition coefficient (Wildman–Crippen LogP) is 3.87. The standard InChI is InChI=1S/C18H20F3N5OS2/c1-9-8-26(28-2)4-3-12(9)24-17-23-6-11(18(19,20)21)15(25-17)13-5-10-14(29-13)7-22-16(10)27/h5-6,9,12H,3-4,7-8H2,1-2H3,(H,22,27)(H,23,24,25). The second kappa shape index (κ2) is 7.77. The molecule has 0 spiro atoms. The van der Waals surface area contributed by atoms with Crippen LogP contribution < -0.4 is 10.6 Å². The van der Waals surface area contributed by atoms with Gasteiger partial charge in [0, 0.05) is 30.2 Å². The van der Waals surface area contributed by atoms with Crippen molar-refractivity contribution in [3.63, 3.8) is 0 Å². The Morgan fingerprint density at radius 3 is 2.86 bits per heavy atom. The van der Waals surface area contributed by atoms with Crippen molar-refractivity contribution in [2.45, 2.75) is 32.1 Å². The summed E-state index contributed by atoms with van der Waals surface area (Å²) in [5.41, 5.74) is -0.658. The fraction of sp³-hybridized carbons (Fsp3) is 0.500. The van der Waals surface area contributed by atoms with Gasteiger partial charge in [-0.1, -0.05) is 18.9 Å². The summed E-state index contributed by atoms with van der Waals surface area (Å²) in [6.45, 7) is 4.22. The summed E-state index contributed by atoms with van der Waals surface area (Å²) in [7, 11) is 0. The fourth-order valence-corrected chi connectivity index (χ4v) is 5.40. The van der Waals surface area contributed by atoms with Crippen molar-refractivity contribution in [2.24, 2.45) is 5.92 Å². The highest BCUT2D eigenvalue weighted by molar-refractivity contribution is 7.96. The topological polar surface area (TPSA) is 70.2 Å². The van der Waals surface area contributed by atoms with Crippen molar-refractivity contribution in [3.8, 4) is 10.6 Å². The van der Waals surface area contributed by atoms with Gasteiger partial charge in [-0.25, -0.2) is 9.97 Å². The summed E-state index contributed by atoms with van der Waals surface area (Å²) in [6, 6.07) is 1.57. The number of piperidine rings is 1. The molecule has 2 aliphatic rings. The Labute approximate surface area is 174 Å². The zero-order valence-electron chi connectivity index (χ0n) is 15.8. The van der Waals surface area contributed by atoms with E-state index in [0.29, 0.717) is 22.9 Å². The monoisotopic (exact) mass is 443 g/mol. The minimum absolute atomic E-state index is 0.0853. The molecule has 156 valence electrons. The Morgan fingerprint density at radius 1 is 1.41 bits per heavy atom. The molecule has 0 saturated carbocycles. The van der Waals surface area contributed by atoms with Gasteiger partial charge < -0.3 is 10.6 Å². The van der Waals surface area contributed by atoms with Gasteiger partial charge in [-0.05, 0) is 24.7 Å². The predicted molar refractivity (Wildman–Crippen MR) is 108 cm³/mol. The van der Waals surface area contributed by atoms with Crippen molar-refractivity contribution in [1.82, 2.24) is 19.6 Å². The van der Waals surface area contributed by atoms with Gasteiger partial charge in [0.1, 0.15) is 5.56 Å².